The molecule has 1 nitrogen and oxygen atoms in total. The number of hydrogen-bond acceptors (Lipinski definition) is 1. The van der Waals surface area contributed by atoms with Crippen LogP contribution in [0, 0.1) is 0 Å². The summed E-state index contributed by atoms with van der Waals surface area (Å²) in [6, 6.07) is 0. The van der Waals surface area contributed by atoms with Crippen LogP contribution in [0.4, 0.5) is 0 Å². The van der Waals surface area contributed by atoms with Crippen LogP contribution < -0.4 is 0 Å². The molecule has 11 heavy (non-hydrogen) atoms. The average Bonchev–Trinajstić information content (AvgIpc) is 1.69. The van der Waals surface area contributed by atoms with Crippen LogP contribution in [0.1, 0.15) is 26.2 Å². The maximum atomic E-state index is 4.84. The summed E-state index contributed by atoms with van der Waals surface area (Å²) in [5, 5.41) is 0. The van der Waals surface area contributed by atoms with Gasteiger partial charge in [0.05, 0.1) is 0 Å². The molecule has 0 atom stereocenters. The fraction of sp³-hybridized carbons (Fsp3) is 1.00. The van der Waals surface area contributed by atoms with Crippen LogP contribution in [0.25, 0.3) is 0 Å². The Kier molecular flexibility index (Phi) is 80.3. The Morgan fingerprint density at radius 3 is 1.73 bits per heavy atom. The van der Waals surface area contributed by atoms with Crippen molar-refractivity contribution in [3.63, 3.8) is 0 Å². The topological polar surface area (TPSA) is 9.23 Å². The minimum atomic E-state index is 0. The largest absolute Gasteiger partial charge is 0.385 e. The summed E-state index contributed by atoms with van der Waals surface area (Å²) >= 11 is 0. The van der Waals surface area contributed by atoms with E-state index in [0.717, 1.165) is 6.61 Å². The molecule has 3 radical (unpaired) electrons. The lowest BCUT2D eigenvalue weighted by Gasteiger charge is -1.92. The molecule has 0 fully saturated rings. The fourth-order valence-corrected chi connectivity index (χ4v) is 0.496. The van der Waals surface area contributed by atoms with Gasteiger partial charge in [-0.05, 0) is 6.42 Å². The lowest BCUT2D eigenvalue weighted by molar-refractivity contribution is 0.192. The summed E-state index contributed by atoms with van der Waals surface area (Å²) in [6.07, 6.45) is 3.80. The molecule has 0 saturated heterocycles. The molecule has 5 heteroatoms. The highest BCUT2D eigenvalue weighted by Crippen LogP contribution is 1.91. The van der Waals surface area contributed by atoms with Gasteiger partial charge in [0.15, 0.2) is 0 Å². The number of hydrogen-bond donors (Lipinski definition) is 0. The third-order valence-corrected chi connectivity index (χ3v) is 0.952. The maximum Gasteiger partial charge on any atom is 0.0462 e. The van der Waals surface area contributed by atoms with Crippen molar-refractivity contribution in [2.75, 3.05) is 13.7 Å². The van der Waals surface area contributed by atoms with Crippen LogP contribution in [0.3, 0.4) is 0 Å². The highest BCUT2D eigenvalue weighted by Gasteiger charge is 1.79. The third-order valence-electron chi connectivity index (χ3n) is 0.952. The van der Waals surface area contributed by atoms with Crippen LogP contribution in [-0.2, 0) is 4.74 Å². The first kappa shape index (κ1) is 29.4. The summed E-state index contributed by atoms with van der Waals surface area (Å²) in [5.74, 6) is 0. The number of unbranched alkanes of at least 4 members (excludes halogenated alkanes) is 2. The predicted octanol–water partition coefficient (Wildman–Crippen LogP) is 3.18. The van der Waals surface area contributed by atoms with E-state index >= 15 is 0 Å². The minimum absolute atomic E-state index is 0. The fourth-order valence-electron chi connectivity index (χ4n) is 0.496. The standard InChI is InChI=1S/C6H14O.B.3BrH/c1-3-4-5-6-7-2;;;;/h3-6H2,1-2H3;;3*1H. The second kappa shape index (κ2) is 30.0. The molecule has 0 aromatic carbocycles. The molecule has 0 amide bonds. The molecule has 0 aromatic heterocycles. The Bertz CT molecular complexity index is 37.0. The summed E-state index contributed by atoms with van der Waals surface area (Å²) < 4.78 is 4.84. The Hall–Kier alpha value is 1.46. The van der Waals surface area contributed by atoms with Gasteiger partial charge in [0.25, 0.3) is 0 Å². The highest BCUT2D eigenvalue weighted by molar-refractivity contribution is 8.93. The van der Waals surface area contributed by atoms with E-state index in [1.807, 2.05) is 0 Å². The van der Waals surface area contributed by atoms with E-state index in [4.69, 9.17) is 4.74 Å². The number of halogens is 3. The molecule has 0 unspecified atom stereocenters. The van der Waals surface area contributed by atoms with E-state index in [-0.39, 0.29) is 59.4 Å². The van der Waals surface area contributed by atoms with Gasteiger partial charge >= 0.3 is 0 Å². The summed E-state index contributed by atoms with van der Waals surface area (Å²) in [6.45, 7) is 3.11. The van der Waals surface area contributed by atoms with Crippen molar-refractivity contribution in [2.45, 2.75) is 26.2 Å². The van der Waals surface area contributed by atoms with Gasteiger partial charge in [0, 0.05) is 22.1 Å². The van der Waals surface area contributed by atoms with Crippen LogP contribution in [-0.4, -0.2) is 22.1 Å². The van der Waals surface area contributed by atoms with Crippen LogP contribution in [0.15, 0.2) is 0 Å². The van der Waals surface area contributed by atoms with Gasteiger partial charge in [-0.1, -0.05) is 19.8 Å². The Morgan fingerprint density at radius 2 is 1.45 bits per heavy atom. The normalized spacial score (nSPS) is 6.00. The van der Waals surface area contributed by atoms with E-state index in [1.54, 1.807) is 7.11 Å². The summed E-state index contributed by atoms with van der Waals surface area (Å²) in [5.41, 5.74) is 0. The van der Waals surface area contributed by atoms with E-state index < -0.39 is 0 Å². The molecule has 0 bridgehead atoms. The van der Waals surface area contributed by atoms with Crippen LogP contribution in [0.5, 0.6) is 0 Å². The maximum absolute atomic E-state index is 4.84. The van der Waals surface area contributed by atoms with Gasteiger partial charge in [-0.15, -0.1) is 50.9 Å². The predicted molar refractivity (Wildman–Crippen MR) is 68.1 cm³/mol. The van der Waals surface area contributed by atoms with E-state index in [1.165, 1.54) is 19.3 Å². The molecule has 0 rings (SSSR count). The van der Waals surface area contributed by atoms with Gasteiger partial charge in [-0.3, -0.25) is 0 Å². The number of methoxy groups -OCH3 is 1. The Labute approximate surface area is 104 Å². The first-order valence-corrected chi connectivity index (χ1v) is 2.90. The second-order valence-corrected chi connectivity index (χ2v) is 1.70. The molecule has 0 saturated carbocycles. The molecule has 0 spiro atoms. The summed E-state index contributed by atoms with van der Waals surface area (Å²) in [4.78, 5) is 0. The zero-order chi connectivity index (χ0) is 5.54. The molecule has 71 valence electrons. The number of rotatable bonds is 4. The average molecular weight is 356 g/mol. The molecule has 0 aliphatic carbocycles. The van der Waals surface area contributed by atoms with E-state index in [9.17, 15) is 0 Å². The van der Waals surface area contributed by atoms with Crippen molar-refractivity contribution in [2.24, 2.45) is 0 Å². The molecule has 0 heterocycles. The Balaban J connectivity index is -0.0000000300. The van der Waals surface area contributed by atoms with Crippen molar-refractivity contribution >= 4 is 59.4 Å². The molecular formula is C6H17BBr3O. The van der Waals surface area contributed by atoms with Gasteiger partial charge in [0.1, 0.15) is 0 Å². The molecular weight excluding hydrogens is 339 g/mol. The first-order valence-electron chi connectivity index (χ1n) is 2.90. The number of ether oxygens (including phenoxy) is 1. The van der Waals surface area contributed by atoms with Crippen molar-refractivity contribution in [1.82, 2.24) is 0 Å². The highest BCUT2D eigenvalue weighted by atomic mass is 79.9. The molecule has 0 aromatic rings. The van der Waals surface area contributed by atoms with Crippen molar-refractivity contribution in [3.05, 3.63) is 0 Å². The third kappa shape index (κ3) is 34.4. The van der Waals surface area contributed by atoms with Crippen molar-refractivity contribution < 1.29 is 4.74 Å². The van der Waals surface area contributed by atoms with Gasteiger partial charge in [-0.2, -0.15) is 0 Å². The quantitative estimate of drug-likeness (QED) is 0.556. The monoisotopic (exact) mass is 353 g/mol. The first-order chi connectivity index (χ1) is 3.41. The Morgan fingerprint density at radius 1 is 1.00 bits per heavy atom. The second-order valence-electron chi connectivity index (χ2n) is 1.70. The van der Waals surface area contributed by atoms with Gasteiger partial charge in [0.2, 0.25) is 0 Å². The lowest BCUT2D eigenvalue weighted by atomic mass is 10.3. The van der Waals surface area contributed by atoms with Crippen LogP contribution in [0.2, 0.25) is 0 Å². The van der Waals surface area contributed by atoms with Crippen molar-refractivity contribution in [3.8, 4) is 0 Å². The molecule has 0 N–H and O–H groups in total. The zero-order valence-electron chi connectivity index (χ0n) is 7.04. The van der Waals surface area contributed by atoms with E-state index in [0.29, 0.717) is 0 Å². The van der Waals surface area contributed by atoms with Gasteiger partial charge < -0.3 is 4.74 Å². The minimum Gasteiger partial charge on any atom is -0.385 e. The van der Waals surface area contributed by atoms with E-state index in [2.05, 4.69) is 6.92 Å². The zero-order valence-corrected chi connectivity index (χ0v) is 12.2. The smallest absolute Gasteiger partial charge is 0.0462 e. The summed E-state index contributed by atoms with van der Waals surface area (Å²) in [7, 11) is 1.75. The lowest BCUT2D eigenvalue weighted by Crippen LogP contribution is -1.85. The SMILES string of the molecule is Br.Br.Br.CCCCCOC.[B]. The van der Waals surface area contributed by atoms with Crippen molar-refractivity contribution in [1.29, 1.82) is 0 Å². The molecule has 0 aliphatic rings. The molecule has 0 aliphatic heterocycles. The van der Waals surface area contributed by atoms with Gasteiger partial charge in [-0.25, -0.2) is 0 Å². The van der Waals surface area contributed by atoms with Crippen LogP contribution >= 0.6 is 50.9 Å².